The normalized spacial score (nSPS) is 14.9. The molecule has 0 bridgehead atoms. The Morgan fingerprint density at radius 3 is 2.29 bits per heavy atom. The second-order valence-electron chi connectivity index (χ2n) is 3.35. The number of benzene rings is 1. The third-order valence-corrected chi connectivity index (χ3v) is 3.66. The maximum absolute atomic E-state index is 12.6. The molecule has 0 amide bonds. The van der Waals surface area contributed by atoms with Gasteiger partial charge in [0.15, 0.2) is 0 Å². The number of hydrogen-bond donors (Lipinski definition) is 0. The van der Waals surface area contributed by atoms with Crippen LogP contribution in [0.5, 0.6) is 0 Å². The number of ketones is 1. The average molecular weight is 259 g/mol. The molecule has 0 heterocycles. The van der Waals surface area contributed by atoms with E-state index < -0.39 is 0 Å². The van der Waals surface area contributed by atoms with E-state index in [4.69, 9.17) is 0 Å². The lowest BCUT2D eigenvalue weighted by Crippen LogP contribution is -2.17. The number of halogens is 2. The largest absolute Gasteiger partial charge is 0.299 e. The summed E-state index contributed by atoms with van der Waals surface area (Å²) in [4.78, 5) is 10.9. The minimum absolute atomic E-state index is 0.0631. The van der Waals surface area contributed by atoms with E-state index in [1.165, 1.54) is 12.1 Å². The van der Waals surface area contributed by atoms with E-state index >= 15 is 0 Å². The van der Waals surface area contributed by atoms with E-state index in [1.54, 1.807) is 19.1 Å². The SMILES string of the molecule is CC(=O)C(Br)C(C)c1ccc(F)cc1. The van der Waals surface area contributed by atoms with Crippen LogP contribution in [0.1, 0.15) is 25.3 Å². The second-order valence-corrected chi connectivity index (χ2v) is 4.34. The van der Waals surface area contributed by atoms with Crippen molar-refractivity contribution in [3.63, 3.8) is 0 Å². The lowest BCUT2D eigenvalue weighted by atomic mass is 9.96. The molecule has 0 saturated carbocycles. The number of alkyl halides is 1. The van der Waals surface area contributed by atoms with Gasteiger partial charge in [0.25, 0.3) is 0 Å². The fraction of sp³-hybridized carbons (Fsp3) is 0.364. The highest BCUT2D eigenvalue weighted by atomic mass is 79.9. The Hall–Kier alpha value is -0.700. The second kappa shape index (κ2) is 4.69. The van der Waals surface area contributed by atoms with Gasteiger partial charge in [0.1, 0.15) is 11.6 Å². The molecule has 1 aromatic carbocycles. The maximum atomic E-state index is 12.6. The highest BCUT2D eigenvalue weighted by Gasteiger charge is 2.19. The average Bonchev–Trinajstić information content (AvgIpc) is 2.16. The predicted octanol–water partition coefficient (Wildman–Crippen LogP) is 3.28. The van der Waals surface area contributed by atoms with Crippen molar-refractivity contribution in [3.05, 3.63) is 35.6 Å². The molecule has 0 aliphatic rings. The molecular weight excluding hydrogens is 247 g/mol. The van der Waals surface area contributed by atoms with Crippen molar-refractivity contribution >= 4 is 21.7 Å². The molecule has 0 aliphatic carbocycles. The molecule has 0 N–H and O–H groups in total. The molecule has 0 aromatic heterocycles. The van der Waals surface area contributed by atoms with Crippen LogP contribution in [0.25, 0.3) is 0 Å². The van der Waals surface area contributed by atoms with Crippen molar-refractivity contribution in [3.8, 4) is 0 Å². The van der Waals surface area contributed by atoms with Gasteiger partial charge in [-0.05, 0) is 24.6 Å². The number of hydrogen-bond acceptors (Lipinski definition) is 1. The van der Waals surface area contributed by atoms with Crippen LogP contribution in [-0.4, -0.2) is 10.6 Å². The van der Waals surface area contributed by atoms with Crippen LogP contribution >= 0.6 is 15.9 Å². The van der Waals surface area contributed by atoms with Gasteiger partial charge in [-0.3, -0.25) is 4.79 Å². The zero-order chi connectivity index (χ0) is 10.7. The van der Waals surface area contributed by atoms with Crippen molar-refractivity contribution in [2.45, 2.75) is 24.6 Å². The lowest BCUT2D eigenvalue weighted by Gasteiger charge is -2.15. The van der Waals surface area contributed by atoms with Crippen molar-refractivity contribution in [1.29, 1.82) is 0 Å². The molecule has 14 heavy (non-hydrogen) atoms. The summed E-state index contributed by atoms with van der Waals surface area (Å²) in [5.74, 6) is -0.107. The van der Waals surface area contributed by atoms with Gasteiger partial charge in [-0.1, -0.05) is 35.0 Å². The van der Waals surface area contributed by atoms with Gasteiger partial charge in [0, 0.05) is 5.92 Å². The molecule has 1 aromatic rings. The summed E-state index contributed by atoms with van der Waals surface area (Å²) in [6.07, 6.45) is 0. The Morgan fingerprint density at radius 1 is 1.36 bits per heavy atom. The first-order chi connectivity index (χ1) is 6.52. The summed E-state index contributed by atoms with van der Waals surface area (Å²) in [7, 11) is 0. The first-order valence-corrected chi connectivity index (χ1v) is 5.34. The van der Waals surface area contributed by atoms with Crippen molar-refractivity contribution in [1.82, 2.24) is 0 Å². The summed E-state index contributed by atoms with van der Waals surface area (Å²) in [5.41, 5.74) is 0.962. The molecule has 76 valence electrons. The predicted molar refractivity (Wildman–Crippen MR) is 58.2 cm³/mol. The van der Waals surface area contributed by atoms with E-state index in [2.05, 4.69) is 15.9 Å². The minimum Gasteiger partial charge on any atom is -0.299 e. The first kappa shape index (κ1) is 11.4. The number of Topliss-reactive ketones (excluding diaryl/α,β-unsaturated/α-hetero) is 1. The molecule has 1 rings (SSSR count). The first-order valence-electron chi connectivity index (χ1n) is 4.42. The molecule has 0 fully saturated rings. The van der Waals surface area contributed by atoms with Crippen LogP contribution in [0.15, 0.2) is 24.3 Å². The molecule has 0 saturated heterocycles. The Bertz CT molecular complexity index is 321. The number of carbonyl (C=O) groups excluding carboxylic acids is 1. The Morgan fingerprint density at radius 2 is 1.86 bits per heavy atom. The smallest absolute Gasteiger partial charge is 0.144 e. The molecule has 0 aliphatic heterocycles. The molecule has 0 radical (unpaired) electrons. The van der Waals surface area contributed by atoms with Crippen LogP contribution in [-0.2, 0) is 4.79 Å². The highest BCUT2D eigenvalue weighted by Crippen LogP contribution is 2.25. The topological polar surface area (TPSA) is 17.1 Å². The third kappa shape index (κ3) is 2.64. The summed E-state index contributed by atoms with van der Waals surface area (Å²) in [6.45, 7) is 3.48. The summed E-state index contributed by atoms with van der Waals surface area (Å²) in [5, 5.41) is 0. The van der Waals surface area contributed by atoms with Gasteiger partial charge < -0.3 is 0 Å². The molecule has 2 atom stereocenters. The van der Waals surface area contributed by atoms with Gasteiger partial charge >= 0.3 is 0 Å². The van der Waals surface area contributed by atoms with Gasteiger partial charge in [0.05, 0.1) is 4.83 Å². The molecular formula is C11H12BrFO. The minimum atomic E-state index is -0.255. The lowest BCUT2D eigenvalue weighted by molar-refractivity contribution is -0.116. The Labute approximate surface area is 91.5 Å². The fourth-order valence-electron chi connectivity index (χ4n) is 1.29. The fourth-order valence-corrected chi connectivity index (χ4v) is 1.59. The summed E-state index contributed by atoms with van der Waals surface area (Å²) >= 11 is 3.32. The monoisotopic (exact) mass is 258 g/mol. The van der Waals surface area contributed by atoms with Crippen LogP contribution in [0, 0.1) is 5.82 Å². The van der Waals surface area contributed by atoms with E-state index in [9.17, 15) is 9.18 Å². The van der Waals surface area contributed by atoms with Crippen LogP contribution in [0.3, 0.4) is 0 Å². The van der Waals surface area contributed by atoms with E-state index in [0.29, 0.717) is 0 Å². The van der Waals surface area contributed by atoms with E-state index in [1.807, 2.05) is 6.92 Å². The summed E-state index contributed by atoms with van der Waals surface area (Å²) < 4.78 is 12.6. The molecule has 2 unspecified atom stereocenters. The number of rotatable bonds is 3. The van der Waals surface area contributed by atoms with E-state index in [-0.39, 0.29) is 22.3 Å². The van der Waals surface area contributed by atoms with Gasteiger partial charge in [-0.2, -0.15) is 0 Å². The highest BCUT2D eigenvalue weighted by molar-refractivity contribution is 9.10. The third-order valence-electron chi connectivity index (χ3n) is 2.22. The van der Waals surface area contributed by atoms with Gasteiger partial charge in [0.2, 0.25) is 0 Å². The molecule has 0 spiro atoms. The van der Waals surface area contributed by atoms with Crippen molar-refractivity contribution in [2.75, 3.05) is 0 Å². The maximum Gasteiger partial charge on any atom is 0.144 e. The zero-order valence-corrected chi connectivity index (χ0v) is 9.71. The van der Waals surface area contributed by atoms with Gasteiger partial charge in [-0.25, -0.2) is 4.39 Å². The Kier molecular flexibility index (Phi) is 3.81. The number of carbonyl (C=O) groups is 1. The van der Waals surface area contributed by atoms with E-state index in [0.717, 1.165) is 5.56 Å². The quantitative estimate of drug-likeness (QED) is 0.761. The van der Waals surface area contributed by atoms with Gasteiger partial charge in [-0.15, -0.1) is 0 Å². The van der Waals surface area contributed by atoms with Crippen LogP contribution < -0.4 is 0 Å². The zero-order valence-electron chi connectivity index (χ0n) is 8.13. The van der Waals surface area contributed by atoms with Crippen molar-refractivity contribution < 1.29 is 9.18 Å². The Balaban J connectivity index is 2.84. The molecule has 3 heteroatoms. The van der Waals surface area contributed by atoms with Crippen LogP contribution in [0.4, 0.5) is 4.39 Å². The standard InChI is InChI=1S/C11H12BrFO/c1-7(11(12)8(2)14)9-3-5-10(13)6-4-9/h3-7,11H,1-2H3. The molecule has 1 nitrogen and oxygen atoms in total. The summed E-state index contributed by atoms with van der Waals surface area (Å²) in [6, 6.07) is 6.23. The van der Waals surface area contributed by atoms with Crippen LogP contribution in [0.2, 0.25) is 0 Å². The van der Waals surface area contributed by atoms with Crippen molar-refractivity contribution in [2.24, 2.45) is 0 Å².